The van der Waals surface area contributed by atoms with E-state index in [2.05, 4.69) is 13.8 Å². The molecule has 0 aromatic heterocycles. The van der Waals surface area contributed by atoms with Gasteiger partial charge in [0.15, 0.2) is 0 Å². The zero-order chi connectivity index (χ0) is 54.9. The molecule has 0 heterocycles. The highest BCUT2D eigenvalue weighted by Crippen LogP contribution is 2.34. The van der Waals surface area contributed by atoms with Crippen LogP contribution in [0.2, 0.25) is 0 Å². The Kier molecular flexibility index (Phi) is 42.2. The van der Waals surface area contributed by atoms with Gasteiger partial charge >= 0.3 is 0 Å². The van der Waals surface area contributed by atoms with E-state index in [4.69, 9.17) is 15.0 Å². The number of rotatable bonds is 44. The third-order valence-corrected chi connectivity index (χ3v) is 15.4. The fraction of sp³-hybridized carbons (Fsp3) is 0.638. The Morgan fingerprint density at radius 3 is 0.553 bits per heavy atom. The Hall–Kier alpha value is -4.65. The molecule has 7 nitrogen and oxygen atoms in total. The standard InChI is InChI=1S/2C34H54O2.CH2O3/c2*1-2-3-4-5-6-7-8-9-10-11-12-13-14-15-16-17-18-19-20-21-34(30-22-26-32(35)27-23-30)31-24-28-33(36)29-25-31;2-1(3)4/h2*22-29,34-36H,2-21H2,1H3;(H2,2,3,4)/p-2. The minimum atomic E-state index is -2.33. The molecule has 0 saturated heterocycles. The van der Waals surface area contributed by atoms with Crippen LogP contribution in [0.4, 0.5) is 4.79 Å². The maximum absolute atomic E-state index is 9.66. The van der Waals surface area contributed by atoms with Gasteiger partial charge in [0.1, 0.15) is 23.0 Å². The van der Waals surface area contributed by atoms with Crippen molar-refractivity contribution in [2.75, 3.05) is 0 Å². The predicted octanol–water partition coefficient (Wildman–Crippen LogP) is 19.7. The smallest absolute Gasteiger partial charge is 0.115 e. The van der Waals surface area contributed by atoms with Crippen LogP contribution in [0.5, 0.6) is 23.0 Å². The van der Waals surface area contributed by atoms with Crippen LogP contribution in [0.15, 0.2) is 97.1 Å². The normalized spacial score (nSPS) is 11.1. The zero-order valence-electron chi connectivity index (χ0n) is 48.2. The third kappa shape index (κ3) is 37.2. The number of aromatic hydroxyl groups is 4. The molecule has 4 rings (SSSR count). The second-order valence-corrected chi connectivity index (χ2v) is 22.0. The van der Waals surface area contributed by atoms with Gasteiger partial charge in [-0.2, -0.15) is 0 Å². The van der Waals surface area contributed by atoms with Gasteiger partial charge in [-0.15, -0.1) is 0 Å². The molecule has 4 N–H and O–H groups in total. The van der Waals surface area contributed by atoms with E-state index < -0.39 is 6.16 Å². The molecule has 0 aliphatic carbocycles. The Bertz CT molecular complexity index is 1650. The van der Waals surface area contributed by atoms with E-state index in [0.717, 1.165) is 12.8 Å². The summed E-state index contributed by atoms with van der Waals surface area (Å²) in [7, 11) is 0. The molecule has 0 unspecified atom stereocenters. The van der Waals surface area contributed by atoms with Gasteiger partial charge in [0, 0.05) is 11.8 Å². The van der Waals surface area contributed by atoms with Crippen LogP contribution >= 0.6 is 0 Å². The molecule has 0 aliphatic rings. The van der Waals surface area contributed by atoms with Crippen molar-refractivity contribution in [3.8, 4) is 23.0 Å². The predicted molar refractivity (Wildman–Crippen MR) is 318 cm³/mol. The summed E-state index contributed by atoms with van der Waals surface area (Å²) in [6.07, 6.45) is 53.2. The molecule has 0 bridgehead atoms. The first-order valence-corrected chi connectivity index (χ1v) is 31.2. The Balaban J connectivity index is 0.000000486. The summed E-state index contributed by atoms with van der Waals surface area (Å²) in [5.41, 5.74) is 4.95. The molecule has 0 saturated carbocycles. The molecular formula is C69H108O7-2. The Labute approximate surface area is 464 Å². The maximum atomic E-state index is 9.66. The van der Waals surface area contributed by atoms with Crippen molar-refractivity contribution in [2.24, 2.45) is 0 Å². The maximum Gasteiger partial charge on any atom is 0.115 e. The monoisotopic (exact) mass is 1050 g/mol. The largest absolute Gasteiger partial charge is 0.652 e. The first kappa shape index (κ1) is 67.5. The molecule has 0 amide bonds. The second kappa shape index (κ2) is 47.6. The first-order chi connectivity index (χ1) is 37.1. The number of hydrogen-bond acceptors (Lipinski definition) is 7. The van der Waals surface area contributed by atoms with Crippen molar-refractivity contribution in [2.45, 2.75) is 283 Å². The molecule has 0 aliphatic heterocycles. The van der Waals surface area contributed by atoms with Crippen molar-refractivity contribution in [3.05, 3.63) is 119 Å². The van der Waals surface area contributed by atoms with E-state index >= 15 is 0 Å². The zero-order valence-corrected chi connectivity index (χ0v) is 48.2. The highest BCUT2D eigenvalue weighted by atomic mass is 16.6. The number of phenolic OH excluding ortho intramolecular Hbond substituents is 4. The quantitative estimate of drug-likeness (QED) is 0.0323. The molecule has 76 heavy (non-hydrogen) atoms. The topological polar surface area (TPSA) is 144 Å². The summed E-state index contributed by atoms with van der Waals surface area (Å²) < 4.78 is 0. The molecule has 0 fully saturated rings. The lowest BCUT2D eigenvalue weighted by Crippen LogP contribution is -2.37. The summed E-state index contributed by atoms with van der Waals surface area (Å²) in [5.74, 6) is 1.88. The lowest BCUT2D eigenvalue weighted by Gasteiger charge is -2.18. The number of carbonyl (C=O) groups excluding carboxylic acids is 1. The number of carbonyl (C=O) groups is 1. The third-order valence-electron chi connectivity index (χ3n) is 15.4. The van der Waals surface area contributed by atoms with Crippen molar-refractivity contribution < 1.29 is 35.4 Å². The summed E-state index contributed by atoms with van der Waals surface area (Å²) in [6.45, 7) is 4.58. The van der Waals surface area contributed by atoms with Gasteiger partial charge in [0.2, 0.25) is 0 Å². The van der Waals surface area contributed by atoms with E-state index in [1.54, 1.807) is 48.5 Å². The molecule has 428 valence electrons. The SMILES string of the molecule is CCCCCCCCCCCCCCCCCCCCCC(c1ccc(O)cc1)c1ccc(O)cc1.CCCCCCCCCCCCCCCCCCCCCC(c1ccc(O)cc1)c1ccc(O)cc1.O=C([O-])[O-]. The average molecular weight is 1050 g/mol. The number of phenols is 4. The van der Waals surface area contributed by atoms with Crippen LogP contribution in [0.1, 0.15) is 305 Å². The van der Waals surface area contributed by atoms with Crippen molar-refractivity contribution in [3.63, 3.8) is 0 Å². The van der Waals surface area contributed by atoms with E-state index in [9.17, 15) is 20.4 Å². The van der Waals surface area contributed by atoms with E-state index in [1.807, 2.05) is 48.5 Å². The fourth-order valence-corrected chi connectivity index (χ4v) is 10.7. The van der Waals surface area contributed by atoms with Crippen LogP contribution in [0, 0.1) is 0 Å². The molecule has 0 spiro atoms. The molecular weight excluding hydrogens is 941 g/mol. The van der Waals surface area contributed by atoms with Gasteiger partial charge in [-0.05, 0) is 89.8 Å². The highest BCUT2D eigenvalue weighted by molar-refractivity contribution is 5.47. The van der Waals surface area contributed by atoms with Gasteiger partial charge in [0.25, 0.3) is 0 Å². The molecule has 0 atom stereocenters. The Morgan fingerprint density at radius 1 is 0.276 bits per heavy atom. The molecule has 0 radical (unpaired) electrons. The Morgan fingerprint density at radius 2 is 0.408 bits per heavy atom. The van der Waals surface area contributed by atoms with Crippen LogP contribution in [-0.4, -0.2) is 26.6 Å². The lowest BCUT2D eigenvalue weighted by atomic mass is 9.86. The van der Waals surface area contributed by atoms with Crippen LogP contribution < -0.4 is 10.2 Å². The highest BCUT2D eigenvalue weighted by Gasteiger charge is 2.16. The van der Waals surface area contributed by atoms with E-state index in [0.29, 0.717) is 34.8 Å². The van der Waals surface area contributed by atoms with Crippen molar-refractivity contribution >= 4 is 6.16 Å². The minimum absolute atomic E-state index is 0.312. The summed E-state index contributed by atoms with van der Waals surface area (Å²) in [6, 6.07) is 30.5. The lowest BCUT2D eigenvalue weighted by molar-refractivity contribution is -0.415. The summed E-state index contributed by atoms with van der Waals surface area (Å²) >= 11 is 0. The van der Waals surface area contributed by atoms with Gasteiger partial charge < -0.3 is 35.4 Å². The number of carboxylic acid groups (broad SMARTS) is 2. The fourth-order valence-electron chi connectivity index (χ4n) is 10.7. The van der Waals surface area contributed by atoms with E-state index in [-0.39, 0.29) is 0 Å². The van der Waals surface area contributed by atoms with Gasteiger partial charge in [-0.3, -0.25) is 0 Å². The van der Waals surface area contributed by atoms with Crippen LogP contribution in [-0.2, 0) is 0 Å². The van der Waals surface area contributed by atoms with Gasteiger partial charge in [-0.1, -0.05) is 306 Å². The van der Waals surface area contributed by atoms with Gasteiger partial charge in [0.05, 0.1) is 0 Å². The van der Waals surface area contributed by atoms with Crippen molar-refractivity contribution in [1.82, 2.24) is 0 Å². The molecule has 4 aromatic rings. The average Bonchev–Trinajstić information content (AvgIpc) is 3.41. The second-order valence-electron chi connectivity index (χ2n) is 22.0. The van der Waals surface area contributed by atoms with E-state index in [1.165, 1.54) is 266 Å². The van der Waals surface area contributed by atoms with Gasteiger partial charge in [-0.25, -0.2) is 0 Å². The number of benzene rings is 4. The first-order valence-electron chi connectivity index (χ1n) is 31.2. The number of hydrogen-bond donors (Lipinski definition) is 4. The summed E-state index contributed by atoms with van der Waals surface area (Å²) in [4.78, 5) is 8.33. The minimum Gasteiger partial charge on any atom is -0.652 e. The molecule has 7 heteroatoms. The van der Waals surface area contributed by atoms with Crippen LogP contribution in [0.3, 0.4) is 0 Å². The van der Waals surface area contributed by atoms with Crippen molar-refractivity contribution in [1.29, 1.82) is 0 Å². The summed E-state index contributed by atoms with van der Waals surface area (Å²) in [5, 5.41) is 55.3. The number of unbranched alkanes of at least 4 members (excludes halogenated alkanes) is 36. The van der Waals surface area contributed by atoms with Crippen LogP contribution in [0.25, 0.3) is 0 Å². The molecule has 4 aromatic carbocycles.